The Hall–Kier alpha value is -2.05. The van der Waals surface area contributed by atoms with Crippen LogP contribution < -0.4 is 20.1 Å². The highest BCUT2D eigenvalue weighted by Crippen LogP contribution is 2.32. The normalized spacial score (nSPS) is 15.8. The van der Waals surface area contributed by atoms with E-state index < -0.39 is 0 Å². The van der Waals surface area contributed by atoms with E-state index in [0.29, 0.717) is 19.0 Å². The second-order valence-corrected chi connectivity index (χ2v) is 6.58. The molecule has 1 unspecified atom stereocenters. The molecule has 166 valence electrons. The Labute approximate surface area is 194 Å². The third kappa shape index (κ3) is 6.47. The lowest BCUT2D eigenvalue weighted by Crippen LogP contribution is -2.46. The zero-order chi connectivity index (χ0) is 20.5. The predicted molar refractivity (Wildman–Crippen MR) is 125 cm³/mol. The predicted octanol–water partition coefficient (Wildman–Crippen LogP) is 2.05. The minimum atomic E-state index is 0. The highest BCUT2D eigenvalue weighted by Gasteiger charge is 2.24. The Morgan fingerprint density at radius 3 is 2.57 bits per heavy atom. The second-order valence-electron chi connectivity index (χ2n) is 6.58. The molecule has 0 saturated carbocycles. The van der Waals surface area contributed by atoms with Gasteiger partial charge in [0.1, 0.15) is 12.0 Å². The molecular formula is C20H30IN5O4. The zero-order valence-corrected chi connectivity index (χ0v) is 19.9. The quantitative estimate of drug-likeness (QED) is 0.304. The minimum Gasteiger partial charge on any atom is -0.493 e. The van der Waals surface area contributed by atoms with Crippen LogP contribution in [0.2, 0.25) is 0 Å². The number of aliphatic imine (C=N–C) groups is 1. The Balaban J connectivity index is 0.00000320. The standard InChI is InChI=1S/C20H29N5O4.HI/c1-21-20(22-13-16-6-9-29-24-16)23-14-17(25-7-10-28-11-8-25)15-4-5-18(26-2)19(12-15)27-3;/h4-6,9,12,17H,7-8,10-11,13-14H2,1-3H3,(H2,21,22,23);1H. The van der Waals surface area contributed by atoms with Gasteiger partial charge in [-0.15, -0.1) is 24.0 Å². The molecule has 2 N–H and O–H groups in total. The molecule has 2 aromatic rings. The van der Waals surface area contributed by atoms with Crippen molar-refractivity contribution in [2.75, 3.05) is 54.1 Å². The second kappa shape index (κ2) is 12.6. The van der Waals surface area contributed by atoms with E-state index in [1.165, 1.54) is 0 Å². The van der Waals surface area contributed by atoms with Gasteiger partial charge in [-0.05, 0) is 17.7 Å². The molecule has 0 aliphatic carbocycles. The summed E-state index contributed by atoms with van der Waals surface area (Å²) >= 11 is 0. The number of guanidine groups is 1. The van der Waals surface area contributed by atoms with Crippen LogP contribution in [-0.2, 0) is 11.3 Å². The van der Waals surface area contributed by atoms with Crippen LogP contribution in [0.25, 0.3) is 0 Å². The van der Waals surface area contributed by atoms with Crippen molar-refractivity contribution in [1.29, 1.82) is 0 Å². The molecule has 1 aromatic heterocycles. The summed E-state index contributed by atoms with van der Waals surface area (Å²) < 4.78 is 21.3. The van der Waals surface area contributed by atoms with Gasteiger partial charge in [0, 0.05) is 32.7 Å². The molecule has 0 bridgehead atoms. The Kier molecular flexibility index (Phi) is 10.2. The average Bonchev–Trinajstić information content (AvgIpc) is 3.30. The van der Waals surface area contributed by atoms with Crippen molar-refractivity contribution in [2.24, 2.45) is 4.99 Å². The number of rotatable bonds is 8. The smallest absolute Gasteiger partial charge is 0.191 e. The van der Waals surface area contributed by atoms with Crippen LogP contribution in [-0.4, -0.2) is 70.1 Å². The molecule has 0 radical (unpaired) electrons. The number of hydrogen-bond acceptors (Lipinski definition) is 7. The van der Waals surface area contributed by atoms with Crippen LogP contribution >= 0.6 is 24.0 Å². The van der Waals surface area contributed by atoms with Crippen LogP contribution in [0.4, 0.5) is 0 Å². The lowest BCUT2D eigenvalue weighted by Gasteiger charge is -2.35. The number of halogens is 1. The van der Waals surface area contributed by atoms with E-state index >= 15 is 0 Å². The number of nitrogens with one attached hydrogen (secondary N) is 2. The molecular weight excluding hydrogens is 501 g/mol. The molecule has 2 heterocycles. The van der Waals surface area contributed by atoms with Crippen molar-refractivity contribution >= 4 is 29.9 Å². The highest BCUT2D eigenvalue weighted by molar-refractivity contribution is 14.0. The summed E-state index contributed by atoms with van der Waals surface area (Å²) in [5, 5.41) is 10.6. The van der Waals surface area contributed by atoms with Crippen molar-refractivity contribution in [3.8, 4) is 11.5 Å². The highest BCUT2D eigenvalue weighted by atomic mass is 127. The van der Waals surface area contributed by atoms with Gasteiger partial charge in [-0.2, -0.15) is 0 Å². The van der Waals surface area contributed by atoms with Crippen molar-refractivity contribution < 1.29 is 18.7 Å². The number of aromatic nitrogens is 1. The largest absolute Gasteiger partial charge is 0.493 e. The van der Waals surface area contributed by atoms with E-state index in [2.05, 4.69) is 31.7 Å². The molecule has 0 amide bonds. The van der Waals surface area contributed by atoms with Gasteiger partial charge < -0.3 is 29.4 Å². The van der Waals surface area contributed by atoms with E-state index in [9.17, 15) is 0 Å². The molecule has 3 rings (SSSR count). The Bertz CT molecular complexity index is 782. The maximum absolute atomic E-state index is 5.54. The lowest BCUT2D eigenvalue weighted by molar-refractivity contribution is 0.0169. The van der Waals surface area contributed by atoms with E-state index in [4.69, 9.17) is 18.7 Å². The summed E-state index contributed by atoms with van der Waals surface area (Å²) in [4.78, 5) is 6.71. The van der Waals surface area contributed by atoms with E-state index in [1.807, 2.05) is 18.2 Å². The van der Waals surface area contributed by atoms with Crippen molar-refractivity contribution in [3.05, 3.63) is 41.8 Å². The van der Waals surface area contributed by atoms with Gasteiger partial charge in [0.15, 0.2) is 17.5 Å². The summed E-state index contributed by atoms with van der Waals surface area (Å²) in [5.74, 6) is 2.14. The van der Waals surface area contributed by atoms with Crippen LogP contribution in [0.3, 0.4) is 0 Å². The first-order valence-electron chi connectivity index (χ1n) is 9.62. The maximum Gasteiger partial charge on any atom is 0.191 e. The fourth-order valence-electron chi connectivity index (χ4n) is 3.32. The average molecular weight is 531 g/mol. The van der Waals surface area contributed by atoms with Gasteiger partial charge in [0.05, 0.1) is 40.0 Å². The van der Waals surface area contributed by atoms with Crippen LogP contribution in [0.1, 0.15) is 17.3 Å². The van der Waals surface area contributed by atoms with Crippen LogP contribution in [0.15, 0.2) is 40.0 Å². The third-order valence-corrected chi connectivity index (χ3v) is 4.89. The number of methoxy groups -OCH3 is 2. The van der Waals surface area contributed by atoms with E-state index in [1.54, 1.807) is 27.5 Å². The Morgan fingerprint density at radius 1 is 1.17 bits per heavy atom. The van der Waals surface area contributed by atoms with E-state index in [-0.39, 0.29) is 30.0 Å². The van der Waals surface area contributed by atoms with Crippen LogP contribution in [0.5, 0.6) is 11.5 Å². The number of nitrogens with zero attached hydrogens (tertiary/aromatic N) is 3. The molecule has 1 aromatic carbocycles. The van der Waals surface area contributed by atoms with Gasteiger partial charge in [-0.25, -0.2) is 0 Å². The topological polar surface area (TPSA) is 93.4 Å². The summed E-state index contributed by atoms with van der Waals surface area (Å²) in [5.41, 5.74) is 1.96. The molecule has 30 heavy (non-hydrogen) atoms. The van der Waals surface area contributed by atoms with Gasteiger partial charge in [0.25, 0.3) is 0 Å². The Morgan fingerprint density at radius 2 is 1.93 bits per heavy atom. The van der Waals surface area contributed by atoms with Gasteiger partial charge in [0.2, 0.25) is 0 Å². The third-order valence-electron chi connectivity index (χ3n) is 4.89. The van der Waals surface area contributed by atoms with Gasteiger partial charge >= 0.3 is 0 Å². The molecule has 1 atom stereocenters. The van der Waals surface area contributed by atoms with Crippen LogP contribution in [0, 0.1) is 0 Å². The fraction of sp³-hybridized carbons (Fsp3) is 0.500. The molecule has 9 nitrogen and oxygen atoms in total. The summed E-state index contributed by atoms with van der Waals surface area (Å²) in [6, 6.07) is 8.00. The number of ether oxygens (including phenoxy) is 3. The lowest BCUT2D eigenvalue weighted by atomic mass is 10.0. The summed E-state index contributed by atoms with van der Waals surface area (Å²) in [6.45, 7) is 4.39. The monoisotopic (exact) mass is 531 g/mol. The summed E-state index contributed by atoms with van der Waals surface area (Å²) in [7, 11) is 5.04. The first-order chi connectivity index (χ1) is 14.2. The van der Waals surface area contributed by atoms with Gasteiger partial charge in [-0.3, -0.25) is 9.89 Å². The molecule has 1 aliphatic heterocycles. The molecule has 1 aliphatic rings. The molecule has 1 fully saturated rings. The number of benzene rings is 1. The fourth-order valence-corrected chi connectivity index (χ4v) is 3.32. The van der Waals surface area contributed by atoms with Gasteiger partial charge in [-0.1, -0.05) is 11.2 Å². The van der Waals surface area contributed by atoms with Crippen molar-refractivity contribution in [2.45, 2.75) is 12.6 Å². The number of hydrogen-bond donors (Lipinski definition) is 2. The number of morpholine rings is 1. The molecule has 1 saturated heterocycles. The maximum atomic E-state index is 5.54. The first kappa shape index (κ1) is 24.2. The van der Waals surface area contributed by atoms with Crippen molar-refractivity contribution in [1.82, 2.24) is 20.7 Å². The summed E-state index contributed by atoms with van der Waals surface area (Å²) in [6.07, 6.45) is 1.55. The molecule has 0 spiro atoms. The molecule has 10 heteroatoms. The first-order valence-corrected chi connectivity index (χ1v) is 9.62. The minimum absolute atomic E-state index is 0. The zero-order valence-electron chi connectivity index (χ0n) is 17.6. The SMILES string of the molecule is CN=C(NCc1ccon1)NCC(c1ccc(OC)c(OC)c1)N1CCOCC1.I. The van der Waals surface area contributed by atoms with E-state index in [0.717, 1.165) is 49.1 Å². The van der Waals surface area contributed by atoms with Crippen molar-refractivity contribution in [3.63, 3.8) is 0 Å².